The third-order valence-electron chi connectivity index (χ3n) is 6.11. The van der Waals surface area contributed by atoms with Crippen LogP contribution in [0.25, 0.3) is 33.9 Å². The number of nitrogen functional groups attached to an aromatic ring is 3. The molecule has 0 saturated heterocycles. The van der Waals surface area contributed by atoms with Crippen molar-refractivity contribution in [3.63, 3.8) is 0 Å². The van der Waals surface area contributed by atoms with Crippen LogP contribution in [0.15, 0.2) is 71.2 Å². The molecule has 0 spiro atoms. The monoisotopic (exact) mass is 509 g/mol. The van der Waals surface area contributed by atoms with Crippen molar-refractivity contribution in [2.75, 3.05) is 18.5 Å². The predicted molar refractivity (Wildman–Crippen MR) is 162 cm³/mol. The molecular formula is C29H31N7S. The smallest absolute Gasteiger partial charge is 0.154 e. The summed E-state index contributed by atoms with van der Waals surface area (Å²) in [6, 6.07) is 13.6. The number of anilines is 2. The number of nitrogens with two attached hydrogens (primary N) is 3. The molecule has 7 N–H and O–H groups in total. The Morgan fingerprint density at radius 2 is 1.89 bits per heavy atom. The van der Waals surface area contributed by atoms with Crippen molar-refractivity contribution in [2.45, 2.75) is 20.3 Å². The second-order valence-corrected chi connectivity index (χ2v) is 9.53. The van der Waals surface area contributed by atoms with Gasteiger partial charge in [-0.05, 0) is 43.2 Å². The molecule has 0 amide bonds. The summed E-state index contributed by atoms with van der Waals surface area (Å²) in [5.41, 5.74) is 25.9. The van der Waals surface area contributed by atoms with Gasteiger partial charge in [0.2, 0.25) is 0 Å². The molecule has 8 heteroatoms. The van der Waals surface area contributed by atoms with E-state index in [0.29, 0.717) is 27.7 Å². The lowest BCUT2D eigenvalue weighted by Crippen LogP contribution is -2.14. The lowest BCUT2D eigenvalue weighted by molar-refractivity contribution is 1.13. The van der Waals surface area contributed by atoms with E-state index in [4.69, 9.17) is 22.6 Å². The van der Waals surface area contributed by atoms with E-state index in [1.165, 1.54) is 4.88 Å². The molecule has 2 heterocycles. The van der Waals surface area contributed by atoms with Crippen LogP contribution in [0.5, 0.6) is 0 Å². The van der Waals surface area contributed by atoms with Crippen molar-refractivity contribution in [1.82, 2.24) is 4.57 Å². The molecule has 7 nitrogen and oxygen atoms in total. The first-order chi connectivity index (χ1) is 17.9. The zero-order valence-corrected chi connectivity index (χ0v) is 22.1. The third kappa shape index (κ3) is 4.59. The second-order valence-electron chi connectivity index (χ2n) is 8.39. The van der Waals surface area contributed by atoms with Gasteiger partial charge in [-0.3, -0.25) is 10.4 Å². The Balaban J connectivity index is 2.15. The Morgan fingerprint density at radius 1 is 1.16 bits per heavy atom. The fourth-order valence-corrected chi connectivity index (χ4v) is 5.55. The molecular weight excluding hydrogens is 478 g/mol. The van der Waals surface area contributed by atoms with E-state index in [-0.39, 0.29) is 5.84 Å². The van der Waals surface area contributed by atoms with E-state index in [1.54, 1.807) is 30.7 Å². The fraction of sp³-hybridized carbons (Fsp3) is 0.138. The second kappa shape index (κ2) is 10.7. The number of aryl methyl sites for hydroxylation is 1. The molecule has 0 unspecified atom stereocenters. The maximum Gasteiger partial charge on any atom is 0.154 e. The van der Waals surface area contributed by atoms with Crippen LogP contribution in [0.2, 0.25) is 0 Å². The van der Waals surface area contributed by atoms with E-state index in [0.717, 1.165) is 39.8 Å². The third-order valence-corrected chi connectivity index (χ3v) is 7.29. The Labute approximate surface area is 220 Å². The molecule has 0 fully saturated rings. The first-order valence-corrected chi connectivity index (χ1v) is 12.7. The number of amidine groups is 2. The maximum absolute atomic E-state index is 8.19. The van der Waals surface area contributed by atoms with Gasteiger partial charge < -0.3 is 21.8 Å². The molecule has 37 heavy (non-hydrogen) atoms. The van der Waals surface area contributed by atoms with Gasteiger partial charge in [-0.15, -0.1) is 11.3 Å². The first kappa shape index (κ1) is 25.7. The zero-order chi connectivity index (χ0) is 26.7. The Bertz CT molecular complexity index is 1600. The lowest BCUT2D eigenvalue weighted by Gasteiger charge is -2.16. The van der Waals surface area contributed by atoms with Gasteiger partial charge in [-0.25, -0.2) is 4.99 Å². The summed E-state index contributed by atoms with van der Waals surface area (Å²) >= 11 is 1.58. The number of nitrogens with one attached hydrogen (secondary N) is 1. The number of thiophene rings is 1. The van der Waals surface area contributed by atoms with Crippen LogP contribution in [0.4, 0.5) is 10.7 Å². The van der Waals surface area contributed by atoms with E-state index >= 15 is 0 Å². The average molecular weight is 510 g/mol. The summed E-state index contributed by atoms with van der Waals surface area (Å²) in [6.07, 6.45) is 8.14. The van der Waals surface area contributed by atoms with Gasteiger partial charge in [0.1, 0.15) is 5.84 Å². The van der Waals surface area contributed by atoms with Gasteiger partial charge in [0.15, 0.2) is 5.84 Å². The molecule has 0 aliphatic heterocycles. The molecule has 2 aromatic carbocycles. The average Bonchev–Trinajstić information content (AvgIpc) is 3.37. The van der Waals surface area contributed by atoms with Crippen molar-refractivity contribution in [2.24, 2.45) is 15.7 Å². The molecule has 0 bridgehead atoms. The first-order valence-electron chi connectivity index (χ1n) is 11.9. The molecule has 0 atom stereocenters. The number of allylic oxidation sites excluding steroid dienone is 2. The highest BCUT2D eigenvalue weighted by Crippen LogP contribution is 2.47. The lowest BCUT2D eigenvalue weighted by atomic mass is 10.0. The van der Waals surface area contributed by atoms with Crippen LogP contribution in [0, 0.1) is 5.41 Å². The van der Waals surface area contributed by atoms with Gasteiger partial charge in [-0.2, -0.15) is 0 Å². The quantitative estimate of drug-likeness (QED) is 0.179. The van der Waals surface area contributed by atoms with E-state index in [1.807, 2.05) is 55.5 Å². The molecule has 4 aromatic rings. The molecule has 0 radical (unpaired) electrons. The minimum atomic E-state index is -0.0600. The standard InChI is InChI=1S/C29H31N7S/c1-5-10-21-23(7-3)37-28(33)24(21)26-25(30)20-11-8-9-12-22(20)36(26)19-15-17(27(31)32)14-18(16-19)29(34-4)35-13-6-2/h5-6,8-16H,2,7,30,33H2,1,3-4H3,(H3,31,32)/b10-5-,34-29?,35-13?. The Kier molecular flexibility index (Phi) is 7.40. The number of aromatic nitrogens is 1. The van der Waals surface area contributed by atoms with Gasteiger partial charge in [0.05, 0.1) is 21.9 Å². The highest BCUT2D eigenvalue weighted by Gasteiger charge is 2.25. The number of fused-ring (bicyclic) bond motifs is 1. The largest absolute Gasteiger partial charge is 0.396 e. The molecule has 0 saturated carbocycles. The number of hydrogen-bond acceptors (Lipinski definition) is 5. The predicted octanol–water partition coefficient (Wildman–Crippen LogP) is 6.04. The Morgan fingerprint density at radius 3 is 2.54 bits per heavy atom. The number of rotatable bonds is 7. The summed E-state index contributed by atoms with van der Waals surface area (Å²) in [5.74, 6) is 0.434. The minimum Gasteiger partial charge on any atom is -0.396 e. The summed E-state index contributed by atoms with van der Waals surface area (Å²) in [7, 11) is 1.67. The number of hydrogen-bond donors (Lipinski definition) is 4. The summed E-state index contributed by atoms with van der Waals surface area (Å²) in [6.45, 7) is 7.82. The molecule has 4 rings (SSSR count). The molecule has 2 aromatic heterocycles. The van der Waals surface area contributed by atoms with E-state index in [9.17, 15) is 0 Å². The number of para-hydroxylation sites is 1. The van der Waals surface area contributed by atoms with Gasteiger partial charge in [-0.1, -0.05) is 49.9 Å². The summed E-state index contributed by atoms with van der Waals surface area (Å²) < 4.78 is 2.09. The van der Waals surface area contributed by atoms with Crippen LogP contribution in [-0.4, -0.2) is 29.5 Å². The van der Waals surface area contributed by atoms with Crippen LogP contribution < -0.4 is 17.2 Å². The van der Waals surface area contributed by atoms with Crippen LogP contribution in [-0.2, 0) is 6.42 Å². The number of benzene rings is 2. The van der Waals surface area contributed by atoms with Gasteiger partial charge in [0.25, 0.3) is 0 Å². The topological polar surface area (TPSA) is 132 Å². The van der Waals surface area contributed by atoms with E-state index < -0.39 is 0 Å². The van der Waals surface area contributed by atoms with Gasteiger partial charge in [0, 0.05) is 45.9 Å². The fourth-order valence-electron chi connectivity index (χ4n) is 4.55. The molecule has 0 aliphatic carbocycles. The van der Waals surface area contributed by atoms with Crippen LogP contribution in [0.1, 0.15) is 35.4 Å². The molecule has 0 aliphatic rings. The van der Waals surface area contributed by atoms with Crippen molar-refractivity contribution in [3.05, 3.63) is 82.8 Å². The van der Waals surface area contributed by atoms with Crippen LogP contribution in [0.3, 0.4) is 0 Å². The highest BCUT2D eigenvalue weighted by molar-refractivity contribution is 7.16. The molecule has 188 valence electrons. The SMILES string of the molecule is C=CC=NC(=NC)c1cc(C(=N)N)cc(-n2c(-c3c(N)sc(CC)c3/C=C\C)c(N)c3ccccc32)c1. The van der Waals surface area contributed by atoms with Crippen molar-refractivity contribution < 1.29 is 0 Å². The van der Waals surface area contributed by atoms with Crippen molar-refractivity contribution in [1.29, 1.82) is 5.41 Å². The Hall–Kier alpha value is -4.43. The normalized spacial score (nSPS) is 12.2. The van der Waals surface area contributed by atoms with Crippen LogP contribution >= 0.6 is 11.3 Å². The number of aliphatic imine (C=N–C) groups is 2. The summed E-state index contributed by atoms with van der Waals surface area (Å²) in [4.78, 5) is 9.95. The zero-order valence-electron chi connectivity index (χ0n) is 21.2. The number of nitrogens with zero attached hydrogens (tertiary/aromatic N) is 3. The maximum atomic E-state index is 8.19. The van der Waals surface area contributed by atoms with Crippen molar-refractivity contribution >= 4 is 56.9 Å². The van der Waals surface area contributed by atoms with E-state index in [2.05, 4.69) is 34.1 Å². The van der Waals surface area contributed by atoms with Crippen molar-refractivity contribution in [3.8, 4) is 16.9 Å². The minimum absolute atomic E-state index is 0.0600. The summed E-state index contributed by atoms with van der Waals surface area (Å²) in [5, 5.41) is 9.80. The van der Waals surface area contributed by atoms with Gasteiger partial charge >= 0.3 is 0 Å². The highest BCUT2D eigenvalue weighted by atomic mass is 32.1.